The minimum Gasteiger partial charge on any atom is -0.356 e. The van der Waals surface area contributed by atoms with Gasteiger partial charge in [0, 0.05) is 13.0 Å². The molecule has 0 aromatic heterocycles. The molecule has 0 spiro atoms. The van der Waals surface area contributed by atoms with Crippen LogP contribution < -0.4 is 10.6 Å². The monoisotopic (exact) mass is 310 g/mol. The van der Waals surface area contributed by atoms with Gasteiger partial charge in [-0.25, -0.2) is 0 Å². The van der Waals surface area contributed by atoms with Crippen molar-refractivity contribution in [1.82, 2.24) is 10.6 Å². The lowest BCUT2D eigenvalue weighted by atomic mass is 9.93. The predicted molar refractivity (Wildman–Crippen MR) is 89.9 cm³/mol. The van der Waals surface area contributed by atoms with Crippen LogP contribution in [0.25, 0.3) is 0 Å². The Balaban J connectivity index is 0.00000220. The number of carbonyl (C=O) groups is 1. The molecule has 1 aromatic carbocycles. The fourth-order valence-electron chi connectivity index (χ4n) is 2.76. The minimum absolute atomic E-state index is 0. The topological polar surface area (TPSA) is 41.1 Å². The smallest absolute Gasteiger partial charge is 0.220 e. The van der Waals surface area contributed by atoms with Gasteiger partial charge in [-0.05, 0) is 49.8 Å². The van der Waals surface area contributed by atoms with Gasteiger partial charge in [0.1, 0.15) is 0 Å². The standard InChI is InChI=1S/C17H26N2O.ClH/c1-14(16-5-3-2-4-6-16)13-19-17(20)8-7-15-9-11-18-12-10-15;/h2-6,14-15,18H,7-13H2,1H3,(H,19,20);1H. The molecule has 21 heavy (non-hydrogen) atoms. The molecule has 118 valence electrons. The number of hydrogen-bond acceptors (Lipinski definition) is 2. The van der Waals surface area contributed by atoms with Gasteiger partial charge >= 0.3 is 0 Å². The summed E-state index contributed by atoms with van der Waals surface area (Å²) in [5, 5.41) is 6.43. The molecule has 1 amide bonds. The van der Waals surface area contributed by atoms with Crippen molar-refractivity contribution in [3.05, 3.63) is 35.9 Å². The second-order valence-electron chi connectivity index (χ2n) is 5.85. The summed E-state index contributed by atoms with van der Waals surface area (Å²) in [6, 6.07) is 10.3. The third kappa shape index (κ3) is 6.49. The minimum atomic E-state index is 0. The van der Waals surface area contributed by atoms with Crippen LogP contribution in [0.1, 0.15) is 44.1 Å². The van der Waals surface area contributed by atoms with Crippen molar-refractivity contribution in [3.8, 4) is 0 Å². The summed E-state index contributed by atoms with van der Waals surface area (Å²) in [6.45, 7) is 5.10. The second-order valence-corrected chi connectivity index (χ2v) is 5.85. The van der Waals surface area contributed by atoms with Gasteiger partial charge in [-0.2, -0.15) is 0 Å². The molecule has 1 aliphatic heterocycles. The van der Waals surface area contributed by atoms with Gasteiger partial charge < -0.3 is 10.6 Å². The molecule has 3 nitrogen and oxygen atoms in total. The maximum Gasteiger partial charge on any atom is 0.220 e. The number of rotatable bonds is 6. The first-order valence-corrected chi connectivity index (χ1v) is 7.78. The van der Waals surface area contributed by atoms with E-state index in [2.05, 4.69) is 29.7 Å². The maximum absolute atomic E-state index is 11.9. The SMILES string of the molecule is CC(CNC(=O)CCC1CCNCC1)c1ccccc1.Cl. The number of amides is 1. The van der Waals surface area contributed by atoms with Crippen molar-refractivity contribution in [2.24, 2.45) is 5.92 Å². The van der Waals surface area contributed by atoms with Crippen LogP contribution in [-0.4, -0.2) is 25.5 Å². The summed E-state index contributed by atoms with van der Waals surface area (Å²) < 4.78 is 0. The number of carbonyl (C=O) groups excluding carboxylic acids is 1. The lowest BCUT2D eigenvalue weighted by Gasteiger charge is -2.22. The van der Waals surface area contributed by atoms with Gasteiger partial charge in [-0.3, -0.25) is 4.79 Å². The van der Waals surface area contributed by atoms with Gasteiger partial charge in [-0.1, -0.05) is 37.3 Å². The zero-order valence-corrected chi connectivity index (χ0v) is 13.6. The average Bonchev–Trinajstić information content (AvgIpc) is 2.52. The molecule has 0 bridgehead atoms. The second kappa shape index (κ2) is 9.80. The molecule has 1 fully saturated rings. The number of hydrogen-bond donors (Lipinski definition) is 2. The molecule has 1 aromatic rings. The first-order valence-electron chi connectivity index (χ1n) is 7.78. The molecule has 0 saturated carbocycles. The molecule has 0 radical (unpaired) electrons. The molecule has 1 heterocycles. The Bertz CT molecular complexity index is 405. The summed E-state index contributed by atoms with van der Waals surface area (Å²) in [4.78, 5) is 11.9. The Morgan fingerprint density at radius 1 is 1.29 bits per heavy atom. The molecule has 1 aliphatic rings. The van der Waals surface area contributed by atoms with Gasteiger partial charge in [0.15, 0.2) is 0 Å². The van der Waals surface area contributed by atoms with Crippen LogP contribution in [0.15, 0.2) is 30.3 Å². The van der Waals surface area contributed by atoms with Crippen molar-refractivity contribution in [2.75, 3.05) is 19.6 Å². The Morgan fingerprint density at radius 2 is 1.95 bits per heavy atom. The lowest BCUT2D eigenvalue weighted by molar-refractivity contribution is -0.121. The highest BCUT2D eigenvalue weighted by Crippen LogP contribution is 2.18. The van der Waals surface area contributed by atoms with Crippen LogP contribution in [-0.2, 0) is 4.79 Å². The van der Waals surface area contributed by atoms with E-state index in [0.29, 0.717) is 12.3 Å². The molecular formula is C17H27ClN2O. The molecule has 0 aliphatic carbocycles. The Kier molecular flexibility index (Phi) is 8.40. The van der Waals surface area contributed by atoms with E-state index in [0.717, 1.165) is 32.0 Å². The highest BCUT2D eigenvalue weighted by molar-refractivity contribution is 5.85. The first kappa shape index (κ1) is 18.0. The summed E-state index contributed by atoms with van der Waals surface area (Å²) in [5.74, 6) is 1.30. The van der Waals surface area contributed by atoms with E-state index in [1.54, 1.807) is 0 Å². The normalized spacial score (nSPS) is 16.8. The van der Waals surface area contributed by atoms with Crippen molar-refractivity contribution in [1.29, 1.82) is 0 Å². The molecule has 1 unspecified atom stereocenters. The van der Waals surface area contributed by atoms with Gasteiger partial charge in [0.25, 0.3) is 0 Å². The van der Waals surface area contributed by atoms with Crippen molar-refractivity contribution >= 4 is 18.3 Å². The molecule has 1 saturated heterocycles. The van der Waals surface area contributed by atoms with Crippen LogP contribution >= 0.6 is 12.4 Å². The van der Waals surface area contributed by atoms with Gasteiger partial charge in [0.2, 0.25) is 5.91 Å². The molecule has 2 rings (SSSR count). The van der Waals surface area contributed by atoms with E-state index >= 15 is 0 Å². The molecule has 2 N–H and O–H groups in total. The van der Waals surface area contributed by atoms with E-state index in [-0.39, 0.29) is 18.3 Å². The van der Waals surface area contributed by atoms with E-state index < -0.39 is 0 Å². The van der Waals surface area contributed by atoms with E-state index in [4.69, 9.17) is 0 Å². The highest BCUT2D eigenvalue weighted by Gasteiger charge is 2.14. The van der Waals surface area contributed by atoms with Crippen LogP contribution in [0, 0.1) is 5.92 Å². The van der Waals surface area contributed by atoms with Crippen LogP contribution in [0.5, 0.6) is 0 Å². The fourth-order valence-corrected chi connectivity index (χ4v) is 2.76. The molecular weight excluding hydrogens is 284 g/mol. The summed E-state index contributed by atoms with van der Waals surface area (Å²) in [5.41, 5.74) is 1.28. The third-order valence-corrected chi connectivity index (χ3v) is 4.21. The lowest BCUT2D eigenvalue weighted by Crippen LogP contribution is -2.30. The fraction of sp³-hybridized carbons (Fsp3) is 0.588. The Morgan fingerprint density at radius 3 is 2.62 bits per heavy atom. The Labute approximate surface area is 134 Å². The maximum atomic E-state index is 11.9. The first-order chi connectivity index (χ1) is 9.75. The summed E-state index contributed by atoms with van der Waals surface area (Å²) in [7, 11) is 0. The van der Waals surface area contributed by atoms with Crippen LogP contribution in [0.4, 0.5) is 0 Å². The average molecular weight is 311 g/mol. The van der Waals surface area contributed by atoms with Crippen LogP contribution in [0.2, 0.25) is 0 Å². The van der Waals surface area contributed by atoms with Crippen molar-refractivity contribution in [3.63, 3.8) is 0 Å². The summed E-state index contributed by atoms with van der Waals surface area (Å²) >= 11 is 0. The number of benzene rings is 1. The van der Waals surface area contributed by atoms with Gasteiger partial charge in [-0.15, -0.1) is 12.4 Å². The molecule has 4 heteroatoms. The van der Waals surface area contributed by atoms with Gasteiger partial charge in [0.05, 0.1) is 0 Å². The van der Waals surface area contributed by atoms with Crippen molar-refractivity contribution in [2.45, 2.75) is 38.5 Å². The molecule has 1 atom stereocenters. The van der Waals surface area contributed by atoms with E-state index in [9.17, 15) is 4.79 Å². The zero-order chi connectivity index (χ0) is 14.2. The zero-order valence-electron chi connectivity index (χ0n) is 12.8. The number of halogens is 1. The largest absolute Gasteiger partial charge is 0.356 e. The quantitative estimate of drug-likeness (QED) is 0.847. The van der Waals surface area contributed by atoms with E-state index in [1.165, 1.54) is 18.4 Å². The highest BCUT2D eigenvalue weighted by atomic mass is 35.5. The predicted octanol–water partition coefficient (Wildman–Crippen LogP) is 3.11. The number of nitrogens with one attached hydrogen (secondary N) is 2. The third-order valence-electron chi connectivity index (χ3n) is 4.21. The van der Waals surface area contributed by atoms with Crippen LogP contribution in [0.3, 0.4) is 0 Å². The summed E-state index contributed by atoms with van der Waals surface area (Å²) in [6.07, 6.45) is 4.14. The number of piperidine rings is 1. The van der Waals surface area contributed by atoms with Crippen molar-refractivity contribution < 1.29 is 4.79 Å². The van der Waals surface area contributed by atoms with E-state index in [1.807, 2.05) is 18.2 Å². The Hall–Kier alpha value is -1.06.